The van der Waals surface area contributed by atoms with Crippen molar-refractivity contribution in [2.45, 2.75) is 37.5 Å². The molecule has 0 unspecified atom stereocenters. The summed E-state index contributed by atoms with van der Waals surface area (Å²) in [6.07, 6.45) is 1.79. The molecule has 3 heterocycles. The third kappa shape index (κ3) is 3.15. The van der Waals surface area contributed by atoms with Gasteiger partial charge in [0.2, 0.25) is 10.0 Å². The molecule has 1 aliphatic heterocycles. The third-order valence-corrected chi connectivity index (χ3v) is 8.14. The summed E-state index contributed by atoms with van der Waals surface area (Å²) in [6, 6.07) is 6.59. The molecule has 1 fully saturated rings. The first-order chi connectivity index (χ1) is 12.9. The Bertz CT molecular complexity index is 1070. The minimum absolute atomic E-state index is 0.119. The third-order valence-electron chi connectivity index (χ3n) is 5.19. The Labute approximate surface area is 163 Å². The van der Waals surface area contributed by atoms with E-state index < -0.39 is 10.0 Å². The molecule has 1 atom stereocenters. The number of fused-ring (bicyclic) bond motifs is 1. The molecule has 0 N–H and O–H groups in total. The van der Waals surface area contributed by atoms with Gasteiger partial charge in [-0.05, 0) is 51.0 Å². The molecule has 0 radical (unpaired) electrons. The SMILES string of the molecule is COc1ccc(S(=O)(=O)N2CCC[C@H](c3nc(C)n4c(C)csc34)C2)cc1. The zero-order valence-corrected chi connectivity index (χ0v) is 17.3. The van der Waals surface area contributed by atoms with Crippen LogP contribution in [0.15, 0.2) is 34.5 Å². The Morgan fingerprint density at radius 1 is 1.22 bits per heavy atom. The number of piperidine rings is 1. The van der Waals surface area contributed by atoms with Crippen molar-refractivity contribution in [3.8, 4) is 5.75 Å². The van der Waals surface area contributed by atoms with Crippen molar-refractivity contribution < 1.29 is 13.2 Å². The zero-order chi connectivity index (χ0) is 19.2. The van der Waals surface area contributed by atoms with Gasteiger partial charge in [-0.25, -0.2) is 13.4 Å². The van der Waals surface area contributed by atoms with Gasteiger partial charge in [0.1, 0.15) is 16.4 Å². The van der Waals surface area contributed by atoms with Crippen molar-refractivity contribution in [3.05, 3.63) is 46.9 Å². The van der Waals surface area contributed by atoms with Crippen LogP contribution in [0.3, 0.4) is 0 Å². The first-order valence-corrected chi connectivity index (χ1v) is 11.3. The standard InChI is InChI=1S/C19H23N3O3S2/c1-13-12-26-19-18(20-14(2)22(13)19)15-5-4-10-21(11-15)27(23,24)17-8-6-16(25-3)7-9-17/h6-9,12,15H,4-5,10-11H2,1-3H3/t15-/m0/s1. The lowest BCUT2D eigenvalue weighted by Crippen LogP contribution is -2.39. The highest BCUT2D eigenvalue weighted by Gasteiger charge is 2.33. The van der Waals surface area contributed by atoms with Gasteiger partial charge in [0.25, 0.3) is 0 Å². The molecule has 4 rings (SSSR count). The first kappa shape index (κ1) is 18.5. The lowest BCUT2D eigenvalue weighted by atomic mass is 9.97. The molecule has 0 bridgehead atoms. The molecule has 0 amide bonds. The number of hydrogen-bond donors (Lipinski definition) is 0. The number of aryl methyl sites for hydroxylation is 2. The summed E-state index contributed by atoms with van der Waals surface area (Å²) >= 11 is 1.68. The number of methoxy groups -OCH3 is 1. The van der Waals surface area contributed by atoms with E-state index in [2.05, 4.69) is 16.7 Å². The summed E-state index contributed by atoms with van der Waals surface area (Å²) in [4.78, 5) is 6.23. The summed E-state index contributed by atoms with van der Waals surface area (Å²) in [6.45, 7) is 5.09. The van der Waals surface area contributed by atoms with Gasteiger partial charge < -0.3 is 4.74 Å². The number of ether oxygens (including phenoxy) is 1. The number of nitrogens with zero attached hydrogens (tertiary/aromatic N) is 3. The summed E-state index contributed by atoms with van der Waals surface area (Å²) in [5, 5.41) is 2.13. The van der Waals surface area contributed by atoms with Gasteiger partial charge in [0.15, 0.2) is 0 Å². The van der Waals surface area contributed by atoms with Gasteiger partial charge in [-0.2, -0.15) is 4.31 Å². The van der Waals surface area contributed by atoms with E-state index in [1.165, 1.54) is 5.69 Å². The lowest BCUT2D eigenvalue weighted by Gasteiger charge is -2.31. The summed E-state index contributed by atoms with van der Waals surface area (Å²) < 4.78 is 35.1. The molecule has 1 aliphatic rings. The number of rotatable bonds is 4. The van der Waals surface area contributed by atoms with E-state index in [0.717, 1.165) is 29.2 Å². The van der Waals surface area contributed by atoms with E-state index in [1.807, 2.05) is 6.92 Å². The van der Waals surface area contributed by atoms with Crippen molar-refractivity contribution in [3.63, 3.8) is 0 Å². The van der Waals surface area contributed by atoms with Crippen LogP contribution in [0, 0.1) is 13.8 Å². The fraction of sp³-hybridized carbons (Fsp3) is 0.421. The maximum Gasteiger partial charge on any atom is 0.243 e. The van der Waals surface area contributed by atoms with E-state index in [-0.39, 0.29) is 5.92 Å². The van der Waals surface area contributed by atoms with E-state index in [1.54, 1.807) is 47.0 Å². The summed E-state index contributed by atoms with van der Waals surface area (Å²) in [5.41, 5.74) is 2.20. The number of aromatic nitrogens is 2. The lowest BCUT2D eigenvalue weighted by molar-refractivity contribution is 0.314. The Morgan fingerprint density at radius 2 is 1.96 bits per heavy atom. The molecule has 1 saturated heterocycles. The summed E-state index contributed by atoms with van der Waals surface area (Å²) in [5.74, 6) is 1.73. The average molecular weight is 406 g/mol. The van der Waals surface area contributed by atoms with Crippen LogP contribution in [-0.4, -0.2) is 42.3 Å². The molecule has 0 aliphatic carbocycles. The normalized spacial score (nSPS) is 18.9. The van der Waals surface area contributed by atoms with Crippen LogP contribution in [0.5, 0.6) is 5.75 Å². The molecule has 27 heavy (non-hydrogen) atoms. The van der Waals surface area contributed by atoms with E-state index >= 15 is 0 Å². The van der Waals surface area contributed by atoms with Crippen LogP contribution in [0.1, 0.15) is 36.0 Å². The molecule has 144 valence electrons. The Balaban J connectivity index is 1.63. The molecule has 1 aromatic carbocycles. The molecule has 8 heteroatoms. The predicted molar refractivity (Wildman–Crippen MR) is 106 cm³/mol. The fourth-order valence-corrected chi connectivity index (χ4v) is 6.43. The number of thiazole rings is 1. The second kappa shape index (κ2) is 6.92. The van der Waals surface area contributed by atoms with Crippen molar-refractivity contribution in [2.75, 3.05) is 20.2 Å². The van der Waals surface area contributed by atoms with E-state index in [9.17, 15) is 8.42 Å². The highest BCUT2D eigenvalue weighted by molar-refractivity contribution is 7.89. The van der Waals surface area contributed by atoms with Crippen molar-refractivity contribution in [2.24, 2.45) is 0 Å². The largest absolute Gasteiger partial charge is 0.497 e. The molecule has 6 nitrogen and oxygen atoms in total. The van der Waals surface area contributed by atoms with Crippen LogP contribution in [-0.2, 0) is 10.0 Å². The molecule has 0 spiro atoms. The van der Waals surface area contributed by atoms with Gasteiger partial charge >= 0.3 is 0 Å². The Morgan fingerprint density at radius 3 is 2.67 bits per heavy atom. The quantitative estimate of drug-likeness (QED) is 0.665. The van der Waals surface area contributed by atoms with Gasteiger partial charge in [-0.15, -0.1) is 11.3 Å². The van der Waals surface area contributed by atoms with E-state index in [0.29, 0.717) is 23.7 Å². The predicted octanol–water partition coefficient (Wildman–Crippen LogP) is 3.59. The number of sulfonamides is 1. The Hall–Kier alpha value is -1.90. The van der Waals surface area contributed by atoms with E-state index in [4.69, 9.17) is 9.72 Å². The summed E-state index contributed by atoms with van der Waals surface area (Å²) in [7, 11) is -1.95. The minimum atomic E-state index is -3.52. The van der Waals surface area contributed by atoms with Crippen LogP contribution in [0.4, 0.5) is 0 Å². The monoisotopic (exact) mass is 405 g/mol. The van der Waals surface area contributed by atoms with Crippen LogP contribution >= 0.6 is 11.3 Å². The minimum Gasteiger partial charge on any atom is -0.497 e. The van der Waals surface area contributed by atoms with Crippen LogP contribution in [0.25, 0.3) is 4.83 Å². The second-order valence-corrected chi connectivity index (χ2v) is 9.74. The maximum atomic E-state index is 13.1. The highest BCUT2D eigenvalue weighted by Crippen LogP contribution is 2.34. The number of imidazole rings is 1. The molecule has 2 aromatic heterocycles. The number of hydrogen-bond acceptors (Lipinski definition) is 5. The topological polar surface area (TPSA) is 63.9 Å². The Kier molecular flexibility index (Phi) is 4.73. The zero-order valence-electron chi connectivity index (χ0n) is 15.7. The van der Waals surface area contributed by atoms with Crippen molar-refractivity contribution >= 4 is 26.2 Å². The molecule has 3 aromatic rings. The van der Waals surface area contributed by atoms with Gasteiger partial charge in [-0.3, -0.25) is 4.40 Å². The molecular formula is C19H23N3O3S2. The van der Waals surface area contributed by atoms with Gasteiger partial charge in [0.05, 0.1) is 17.7 Å². The van der Waals surface area contributed by atoms with Gasteiger partial charge in [-0.1, -0.05) is 0 Å². The highest BCUT2D eigenvalue weighted by atomic mass is 32.2. The number of benzene rings is 1. The molecular weight excluding hydrogens is 382 g/mol. The average Bonchev–Trinajstić information content (AvgIpc) is 3.23. The molecule has 0 saturated carbocycles. The van der Waals surface area contributed by atoms with Gasteiger partial charge in [0, 0.05) is 30.1 Å². The van der Waals surface area contributed by atoms with Crippen LogP contribution in [0.2, 0.25) is 0 Å². The fourth-order valence-electron chi connectivity index (χ4n) is 3.80. The van der Waals surface area contributed by atoms with Crippen LogP contribution < -0.4 is 4.74 Å². The first-order valence-electron chi connectivity index (χ1n) is 8.99. The van der Waals surface area contributed by atoms with Crippen molar-refractivity contribution in [1.82, 2.24) is 13.7 Å². The maximum absolute atomic E-state index is 13.1. The second-order valence-electron chi connectivity index (χ2n) is 6.94. The van der Waals surface area contributed by atoms with Crippen molar-refractivity contribution in [1.29, 1.82) is 0 Å². The smallest absolute Gasteiger partial charge is 0.243 e.